The Bertz CT molecular complexity index is 700. The van der Waals surface area contributed by atoms with Crippen LogP contribution < -0.4 is 11.1 Å². The number of amides is 1. The van der Waals surface area contributed by atoms with E-state index in [2.05, 4.69) is 5.32 Å². The van der Waals surface area contributed by atoms with Gasteiger partial charge in [-0.1, -0.05) is 0 Å². The Morgan fingerprint density at radius 1 is 1.50 bits per heavy atom. The van der Waals surface area contributed by atoms with E-state index in [1.807, 2.05) is 6.92 Å². The van der Waals surface area contributed by atoms with Crippen LogP contribution in [0.25, 0.3) is 0 Å². The minimum atomic E-state index is -0.619. The maximum absolute atomic E-state index is 13.2. The molecule has 0 atom stereocenters. The lowest BCUT2D eigenvalue weighted by Gasteiger charge is -2.08. The largest absolute Gasteiger partial charge is 0.397 e. The van der Waals surface area contributed by atoms with Gasteiger partial charge in [-0.05, 0) is 31.2 Å². The highest BCUT2D eigenvalue weighted by Crippen LogP contribution is 2.16. The molecule has 3 N–H and O–H groups in total. The Morgan fingerprint density at radius 3 is 2.90 bits per heavy atom. The van der Waals surface area contributed by atoms with Crippen LogP contribution in [0.2, 0.25) is 0 Å². The molecule has 0 aliphatic carbocycles. The van der Waals surface area contributed by atoms with E-state index >= 15 is 0 Å². The van der Waals surface area contributed by atoms with Gasteiger partial charge in [0.25, 0.3) is 5.91 Å². The molecule has 5 nitrogen and oxygen atoms in total. The zero-order valence-electron chi connectivity index (χ0n) is 10.9. The molecule has 102 valence electrons. The van der Waals surface area contributed by atoms with E-state index in [1.165, 1.54) is 12.1 Å². The Kier molecular flexibility index (Phi) is 3.71. The van der Waals surface area contributed by atoms with Crippen LogP contribution in [-0.2, 0) is 6.54 Å². The highest BCUT2D eigenvalue weighted by molar-refractivity contribution is 6.03. The first kappa shape index (κ1) is 13.6. The zero-order valence-corrected chi connectivity index (χ0v) is 10.9. The highest BCUT2D eigenvalue weighted by Gasteiger charge is 2.13. The van der Waals surface area contributed by atoms with Crippen molar-refractivity contribution in [1.29, 1.82) is 5.26 Å². The molecular formula is C14H13FN4O. The molecule has 2 aromatic rings. The van der Waals surface area contributed by atoms with E-state index in [0.717, 1.165) is 6.07 Å². The molecule has 20 heavy (non-hydrogen) atoms. The number of halogens is 1. The lowest BCUT2D eigenvalue weighted by atomic mass is 10.2. The van der Waals surface area contributed by atoms with Gasteiger partial charge in [0.15, 0.2) is 0 Å². The van der Waals surface area contributed by atoms with Crippen molar-refractivity contribution in [1.82, 2.24) is 4.57 Å². The molecular weight excluding hydrogens is 259 g/mol. The van der Waals surface area contributed by atoms with Crippen molar-refractivity contribution in [2.75, 3.05) is 11.1 Å². The second-order valence-corrected chi connectivity index (χ2v) is 4.21. The van der Waals surface area contributed by atoms with E-state index in [4.69, 9.17) is 11.0 Å². The van der Waals surface area contributed by atoms with Crippen molar-refractivity contribution in [3.8, 4) is 6.07 Å². The number of nitrogens with zero attached hydrogens (tertiary/aromatic N) is 2. The molecule has 0 radical (unpaired) electrons. The zero-order chi connectivity index (χ0) is 14.7. The lowest BCUT2D eigenvalue weighted by molar-refractivity contribution is 0.101. The van der Waals surface area contributed by atoms with Crippen LogP contribution in [0.5, 0.6) is 0 Å². The Hall–Kier alpha value is -2.81. The van der Waals surface area contributed by atoms with Crippen molar-refractivity contribution in [2.24, 2.45) is 0 Å². The summed E-state index contributed by atoms with van der Waals surface area (Å²) in [4.78, 5) is 12.1. The number of nitrogens with two attached hydrogens (primary N) is 1. The number of nitrogens with one attached hydrogen (secondary N) is 1. The van der Waals surface area contributed by atoms with Crippen LogP contribution in [0.15, 0.2) is 30.5 Å². The van der Waals surface area contributed by atoms with Gasteiger partial charge in [0.1, 0.15) is 17.6 Å². The topological polar surface area (TPSA) is 83.8 Å². The number of carbonyl (C=O) groups is 1. The number of hydrogen-bond acceptors (Lipinski definition) is 3. The molecule has 0 saturated carbocycles. The number of hydrogen-bond donors (Lipinski definition) is 2. The number of aromatic nitrogens is 1. The number of rotatable bonds is 3. The molecule has 0 fully saturated rings. The molecule has 1 aromatic heterocycles. The molecule has 0 aliphatic rings. The Balaban J connectivity index is 2.26. The average molecular weight is 272 g/mol. The van der Waals surface area contributed by atoms with Gasteiger partial charge in [-0.3, -0.25) is 4.79 Å². The number of benzene rings is 1. The van der Waals surface area contributed by atoms with Crippen LogP contribution >= 0.6 is 0 Å². The maximum atomic E-state index is 13.2. The summed E-state index contributed by atoms with van der Waals surface area (Å²) in [7, 11) is 0. The summed E-state index contributed by atoms with van der Waals surface area (Å²) in [6.07, 6.45) is 1.67. The van der Waals surface area contributed by atoms with Gasteiger partial charge in [0.2, 0.25) is 0 Å². The third-order valence-electron chi connectivity index (χ3n) is 2.84. The molecule has 0 aliphatic heterocycles. The molecule has 6 heteroatoms. The predicted octanol–water partition coefficient (Wildman–Crippen LogP) is 2.35. The summed E-state index contributed by atoms with van der Waals surface area (Å²) in [6.45, 7) is 2.49. The van der Waals surface area contributed by atoms with Gasteiger partial charge in [0.05, 0.1) is 11.3 Å². The molecule has 1 amide bonds. The summed E-state index contributed by atoms with van der Waals surface area (Å²) in [5, 5.41) is 11.4. The smallest absolute Gasteiger partial charge is 0.272 e. The van der Waals surface area contributed by atoms with Gasteiger partial charge < -0.3 is 15.6 Å². The quantitative estimate of drug-likeness (QED) is 0.899. The summed E-state index contributed by atoms with van der Waals surface area (Å²) in [5.41, 5.74) is 6.80. The Morgan fingerprint density at radius 2 is 2.25 bits per heavy atom. The van der Waals surface area contributed by atoms with Crippen LogP contribution in [0.1, 0.15) is 23.0 Å². The lowest BCUT2D eigenvalue weighted by Crippen LogP contribution is -2.16. The van der Waals surface area contributed by atoms with E-state index in [1.54, 1.807) is 22.9 Å². The summed E-state index contributed by atoms with van der Waals surface area (Å²) >= 11 is 0. The molecule has 1 aromatic carbocycles. The number of carbonyl (C=O) groups excluding carboxylic acids is 1. The highest BCUT2D eigenvalue weighted by atomic mass is 19.1. The summed E-state index contributed by atoms with van der Waals surface area (Å²) in [5.74, 6) is -0.981. The number of aryl methyl sites for hydroxylation is 1. The van der Waals surface area contributed by atoms with Gasteiger partial charge >= 0.3 is 0 Å². The fraction of sp³-hybridized carbons (Fsp3) is 0.143. The molecule has 2 rings (SSSR count). The van der Waals surface area contributed by atoms with E-state index in [0.29, 0.717) is 23.6 Å². The molecule has 1 heterocycles. The minimum Gasteiger partial charge on any atom is -0.397 e. The standard InChI is InChI=1S/C14H13FN4O/c1-2-19-8-10(17)6-13(19)14(20)18-11-3-4-12(15)9(5-11)7-16/h3-6,8H,2,17H2,1H3,(H,18,20). The van der Waals surface area contributed by atoms with Gasteiger partial charge in [0, 0.05) is 18.4 Å². The molecule has 0 spiro atoms. The number of nitrogen functional groups attached to an aromatic ring is 1. The van der Waals surface area contributed by atoms with Crippen molar-refractivity contribution in [3.63, 3.8) is 0 Å². The van der Waals surface area contributed by atoms with Crippen LogP contribution in [0.3, 0.4) is 0 Å². The van der Waals surface area contributed by atoms with E-state index < -0.39 is 5.82 Å². The van der Waals surface area contributed by atoms with E-state index in [9.17, 15) is 9.18 Å². The minimum absolute atomic E-state index is 0.117. The maximum Gasteiger partial charge on any atom is 0.272 e. The SMILES string of the molecule is CCn1cc(N)cc1C(=O)Nc1ccc(F)c(C#N)c1. The first-order valence-electron chi connectivity index (χ1n) is 6.01. The normalized spacial score (nSPS) is 10.1. The van der Waals surface area contributed by atoms with Crippen molar-refractivity contribution < 1.29 is 9.18 Å². The average Bonchev–Trinajstić information content (AvgIpc) is 2.82. The third-order valence-corrected chi connectivity index (χ3v) is 2.84. The summed E-state index contributed by atoms with van der Waals surface area (Å²) in [6, 6.07) is 7.11. The first-order valence-corrected chi connectivity index (χ1v) is 6.01. The monoisotopic (exact) mass is 272 g/mol. The second kappa shape index (κ2) is 5.45. The summed E-state index contributed by atoms with van der Waals surface area (Å²) < 4.78 is 14.9. The molecule has 0 saturated heterocycles. The van der Waals surface area contributed by atoms with Crippen LogP contribution in [0.4, 0.5) is 15.8 Å². The van der Waals surface area contributed by atoms with Gasteiger partial charge in [-0.15, -0.1) is 0 Å². The fourth-order valence-corrected chi connectivity index (χ4v) is 1.87. The van der Waals surface area contributed by atoms with Gasteiger partial charge in [-0.2, -0.15) is 5.26 Å². The van der Waals surface area contributed by atoms with Crippen LogP contribution in [0, 0.1) is 17.1 Å². The predicted molar refractivity (Wildman–Crippen MR) is 73.6 cm³/mol. The Labute approximate surface area is 115 Å². The van der Waals surface area contributed by atoms with Crippen molar-refractivity contribution in [3.05, 3.63) is 47.5 Å². The molecule has 0 bridgehead atoms. The number of anilines is 2. The molecule has 0 unspecified atom stereocenters. The van der Waals surface area contributed by atoms with Crippen molar-refractivity contribution in [2.45, 2.75) is 13.5 Å². The van der Waals surface area contributed by atoms with Gasteiger partial charge in [-0.25, -0.2) is 4.39 Å². The third kappa shape index (κ3) is 2.62. The van der Waals surface area contributed by atoms with E-state index in [-0.39, 0.29) is 11.5 Å². The second-order valence-electron chi connectivity index (χ2n) is 4.21. The number of nitriles is 1. The van der Waals surface area contributed by atoms with Crippen molar-refractivity contribution >= 4 is 17.3 Å². The van der Waals surface area contributed by atoms with Crippen LogP contribution in [-0.4, -0.2) is 10.5 Å². The first-order chi connectivity index (χ1) is 9.55. The fourth-order valence-electron chi connectivity index (χ4n) is 1.87.